The van der Waals surface area contributed by atoms with Crippen molar-refractivity contribution in [3.8, 4) is 0 Å². The molecular weight excluding hydrogens is 375 g/mol. The molecule has 1 aromatic heterocycles. The fourth-order valence-electron chi connectivity index (χ4n) is 3.24. The number of nitrogens with zero attached hydrogens (tertiary/aromatic N) is 1. The first-order chi connectivity index (χ1) is 11.8. The Hall–Kier alpha value is -1.57. The van der Waals surface area contributed by atoms with Gasteiger partial charge in [0.2, 0.25) is 0 Å². The number of aliphatic carboxylic acids is 1. The Labute approximate surface area is 151 Å². The largest absolute Gasteiger partial charge is 0.480 e. The van der Waals surface area contributed by atoms with E-state index in [4.69, 9.17) is 11.6 Å². The van der Waals surface area contributed by atoms with Crippen LogP contribution >= 0.6 is 22.9 Å². The van der Waals surface area contributed by atoms with E-state index in [1.54, 1.807) is 17.0 Å². The third-order valence-electron chi connectivity index (χ3n) is 4.34. The lowest BCUT2D eigenvalue weighted by molar-refractivity contribution is -0.143. The fraction of sp³-hybridized carbons (Fsp3) is 0.353. The Morgan fingerprint density at radius 2 is 2.12 bits per heavy atom. The van der Waals surface area contributed by atoms with E-state index in [0.29, 0.717) is 19.4 Å². The highest BCUT2D eigenvalue weighted by atomic mass is 35.5. The molecule has 1 aromatic carbocycles. The van der Waals surface area contributed by atoms with Gasteiger partial charge in [0.05, 0.1) is 11.6 Å². The van der Waals surface area contributed by atoms with Gasteiger partial charge in [0.1, 0.15) is 6.04 Å². The van der Waals surface area contributed by atoms with Crippen molar-refractivity contribution in [2.24, 2.45) is 0 Å². The number of benzene rings is 1. The van der Waals surface area contributed by atoms with Crippen molar-refractivity contribution in [3.63, 3.8) is 0 Å². The van der Waals surface area contributed by atoms with Crippen LogP contribution in [0.4, 0.5) is 13.2 Å². The van der Waals surface area contributed by atoms with Gasteiger partial charge in [0, 0.05) is 16.4 Å². The van der Waals surface area contributed by atoms with Gasteiger partial charge in [-0.15, -0.1) is 11.3 Å². The standard InChI is InChI=1S/C17H15ClF3NO2S/c18-12-6-5-10(17(19,20)21)9-11(12)15(14-4-2-8-25-14)22-7-1-3-13(22)16(23)24/h2,4-6,8-9,13,15H,1,3,7H2,(H,23,24). The van der Waals surface area contributed by atoms with Crippen molar-refractivity contribution in [2.45, 2.75) is 31.1 Å². The molecule has 0 bridgehead atoms. The summed E-state index contributed by atoms with van der Waals surface area (Å²) in [5.41, 5.74) is -0.508. The molecule has 1 aliphatic rings. The molecule has 0 aliphatic carbocycles. The maximum absolute atomic E-state index is 13.1. The molecule has 1 fully saturated rings. The minimum Gasteiger partial charge on any atom is -0.480 e. The summed E-state index contributed by atoms with van der Waals surface area (Å²) >= 11 is 7.60. The SMILES string of the molecule is O=C(O)C1CCCN1C(c1cccs1)c1cc(C(F)(F)F)ccc1Cl. The molecule has 3 nitrogen and oxygen atoms in total. The highest BCUT2D eigenvalue weighted by Gasteiger charge is 2.39. The summed E-state index contributed by atoms with van der Waals surface area (Å²) < 4.78 is 39.4. The van der Waals surface area contributed by atoms with E-state index in [1.807, 2.05) is 5.38 Å². The number of halogens is 4. The van der Waals surface area contributed by atoms with Gasteiger partial charge >= 0.3 is 12.1 Å². The molecule has 2 heterocycles. The van der Waals surface area contributed by atoms with Crippen molar-refractivity contribution in [3.05, 3.63) is 56.7 Å². The van der Waals surface area contributed by atoms with Crippen LogP contribution in [0.5, 0.6) is 0 Å². The molecule has 0 spiro atoms. The molecule has 2 aromatic rings. The molecule has 0 radical (unpaired) electrons. The Bertz CT molecular complexity index is 764. The van der Waals surface area contributed by atoms with Crippen LogP contribution in [0.1, 0.15) is 34.9 Å². The normalized spacial score (nSPS) is 19.9. The van der Waals surface area contributed by atoms with E-state index < -0.39 is 29.8 Å². The van der Waals surface area contributed by atoms with Crippen LogP contribution in [0.15, 0.2) is 35.7 Å². The maximum Gasteiger partial charge on any atom is 0.416 e. The molecule has 1 saturated heterocycles. The Morgan fingerprint density at radius 3 is 2.72 bits per heavy atom. The van der Waals surface area contributed by atoms with Crippen molar-refractivity contribution < 1.29 is 23.1 Å². The summed E-state index contributed by atoms with van der Waals surface area (Å²) in [6.07, 6.45) is -3.35. The Kier molecular flexibility index (Phi) is 5.09. The van der Waals surface area contributed by atoms with Gasteiger partial charge < -0.3 is 5.11 Å². The summed E-state index contributed by atoms with van der Waals surface area (Å²) in [7, 11) is 0. The number of carbonyl (C=O) groups is 1. The molecule has 2 unspecified atom stereocenters. The number of hydrogen-bond donors (Lipinski definition) is 1. The number of thiophene rings is 1. The molecular formula is C17H15ClF3NO2S. The molecule has 0 saturated carbocycles. The molecule has 1 aliphatic heterocycles. The van der Waals surface area contributed by atoms with Crippen LogP contribution in [-0.2, 0) is 11.0 Å². The van der Waals surface area contributed by atoms with Crippen LogP contribution < -0.4 is 0 Å². The lowest BCUT2D eigenvalue weighted by Crippen LogP contribution is -2.39. The molecule has 1 N–H and O–H groups in total. The van der Waals surface area contributed by atoms with Crippen LogP contribution in [0.3, 0.4) is 0 Å². The summed E-state index contributed by atoms with van der Waals surface area (Å²) in [5, 5.41) is 11.5. The van der Waals surface area contributed by atoms with Gasteiger partial charge in [-0.1, -0.05) is 17.7 Å². The predicted octanol–water partition coefficient (Wildman–Crippen LogP) is 5.06. The lowest BCUT2D eigenvalue weighted by Gasteiger charge is -2.31. The first-order valence-electron chi connectivity index (χ1n) is 7.67. The summed E-state index contributed by atoms with van der Waals surface area (Å²) in [4.78, 5) is 14.1. The molecule has 3 rings (SSSR count). The minimum absolute atomic E-state index is 0.197. The van der Waals surface area contributed by atoms with Crippen LogP contribution in [0.25, 0.3) is 0 Å². The average molecular weight is 390 g/mol. The van der Waals surface area contributed by atoms with Crippen LogP contribution in [0.2, 0.25) is 5.02 Å². The van der Waals surface area contributed by atoms with Crippen molar-refractivity contribution >= 4 is 28.9 Å². The van der Waals surface area contributed by atoms with E-state index in [1.165, 1.54) is 17.4 Å². The van der Waals surface area contributed by atoms with E-state index in [9.17, 15) is 23.1 Å². The second kappa shape index (κ2) is 6.97. The second-order valence-electron chi connectivity index (χ2n) is 5.89. The zero-order valence-electron chi connectivity index (χ0n) is 13.0. The number of carboxylic acid groups (broad SMARTS) is 1. The number of likely N-dealkylation sites (tertiary alicyclic amines) is 1. The van der Waals surface area contributed by atoms with E-state index in [2.05, 4.69) is 0 Å². The first kappa shape index (κ1) is 18.2. The van der Waals surface area contributed by atoms with Crippen LogP contribution in [-0.4, -0.2) is 28.6 Å². The van der Waals surface area contributed by atoms with Gasteiger partial charge in [0.25, 0.3) is 0 Å². The van der Waals surface area contributed by atoms with Gasteiger partial charge in [-0.05, 0) is 48.1 Å². The van der Waals surface area contributed by atoms with Crippen LogP contribution in [0, 0.1) is 0 Å². The topological polar surface area (TPSA) is 40.5 Å². The summed E-state index contributed by atoms with van der Waals surface area (Å²) in [6.45, 7) is 0.492. The van der Waals surface area contributed by atoms with Crippen molar-refractivity contribution in [1.29, 1.82) is 0 Å². The zero-order chi connectivity index (χ0) is 18.2. The number of alkyl halides is 3. The number of rotatable bonds is 4. The summed E-state index contributed by atoms with van der Waals surface area (Å²) in [6, 6.07) is 5.44. The fourth-order valence-corrected chi connectivity index (χ4v) is 4.32. The lowest BCUT2D eigenvalue weighted by atomic mass is 9.99. The molecule has 134 valence electrons. The number of carboxylic acids is 1. The first-order valence-corrected chi connectivity index (χ1v) is 8.93. The van der Waals surface area contributed by atoms with Gasteiger partial charge in [-0.3, -0.25) is 9.69 Å². The average Bonchev–Trinajstić information content (AvgIpc) is 3.20. The van der Waals surface area contributed by atoms with E-state index in [-0.39, 0.29) is 10.6 Å². The van der Waals surface area contributed by atoms with Gasteiger partial charge in [0.15, 0.2) is 0 Å². The third kappa shape index (κ3) is 3.68. The molecule has 8 heteroatoms. The van der Waals surface area contributed by atoms with E-state index >= 15 is 0 Å². The van der Waals surface area contributed by atoms with Crippen molar-refractivity contribution in [1.82, 2.24) is 4.90 Å². The quantitative estimate of drug-likeness (QED) is 0.794. The van der Waals surface area contributed by atoms with E-state index in [0.717, 1.165) is 17.0 Å². The summed E-state index contributed by atoms with van der Waals surface area (Å²) in [5.74, 6) is -0.970. The van der Waals surface area contributed by atoms with Crippen molar-refractivity contribution in [2.75, 3.05) is 6.54 Å². The van der Waals surface area contributed by atoms with Gasteiger partial charge in [-0.25, -0.2) is 0 Å². The Morgan fingerprint density at radius 1 is 1.36 bits per heavy atom. The minimum atomic E-state index is -4.49. The maximum atomic E-state index is 13.1. The second-order valence-corrected chi connectivity index (χ2v) is 7.27. The monoisotopic (exact) mass is 389 g/mol. The highest BCUT2D eigenvalue weighted by Crippen LogP contribution is 2.42. The number of hydrogen-bond acceptors (Lipinski definition) is 3. The highest BCUT2D eigenvalue weighted by molar-refractivity contribution is 7.10. The Balaban J connectivity index is 2.12. The van der Waals surface area contributed by atoms with Gasteiger partial charge in [-0.2, -0.15) is 13.2 Å². The smallest absolute Gasteiger partial charge is 0.416 e. The molecule has 25 heavy (non-hydrogen) atoms. The molecule has 2 atom stereocenters. The molecule has 0 amide bonds. The predicted molar refractivity (Wildman–Crippen MR) is 90.0 cm³/mol. The zero-order valence-corrected chi connectivity index (χ0v) is 14.5. The third-order valence-corrected chi connectivity index (χ3v) is 5.61.